The van der Waals surface area contributed by atoms with Crippen LogP contribution in [0.1, 0.15) is 38.8 Å². The molecule has 1 aliphatic rings. The van der Waals surface area contributed by atoms with Gasteiger partial charge in [-0.3, -0.25) is 14.8 Å². The minimum Gasteiger partial charge on any atom is -0.493 e. The lowest BCUT2D eigenvalue weighted by atomic mass is 9.99. The van der Waals surface area contributed by atoms with E-state index in [1.807, 2.05) is 7.05 Å². The predicted octanol–water partition coefficient (Wildman–Crippen LogP) is 2.96. The van der Waals surface area contributed by atoms with Gasteiger partial charge in [-0.1, -0.05) is 0 Å². The highest BCUT2D eigenvalue weighted by molar-refractivity contribution is 14.0. The van der Waals surface area contributed by atoms with Gasteiger partial charge in [0.1, 0.15) is 0 Å². The summed E-state index contributed by atoms with van der Waals surface area (Å²) in [6.45, 7) is 14.7. The van der Waals surface area contributed by atoms with Gasteiger partial charge in [-0.2, -0.15) is 0 Å². The normalized spacial score (nSPS) is 14.5. The summed E-state index contributed by atoms with van der Waals surface area (Å²) in [6, 6.07) is 5.32. The number of fused-ring (bicyclic) bond motifs is 1. The summed E-state index contributed by atoms with van der Waals surface area (Å²) in [5.41, 5.74) is 2.68. The van der Waals surface area contributed by atoms with Crippen LogP contribution < -0.4 is 20.1 Å². The summed E-state index contributed by atoms with van der Waals surface area (Å²) in [6.07, 6.45) is 1.03. The van der Waals surface area contributed by atoms with Crippen molar-refractivity contribution in [2.45, 2.75) is 52.7 Å². The molecule has 178 valence electrons. The second kappa shape index (κ2) is 14.0. The van der Waals surface area contributed by atoms with Crippen LogP contribution in [-0.4, -0.2) is 81.8 Å². The molecule has 0 unspecified atom stereocenters. The average Bonchev–Trinajstić information content (AvgIpc) is 2.73. The molecule has 31 heavy (non-hydrogen) atoms. The molecule has 0 bridgehead atoms. The molecule has 0 spiro atoms. The van der Waals surface area contributed by atoms with Crippen molar-refractivity contribution in [1.29, 1.82) is 0 Å². The van der Waals surface area contributed by atoms with E-state index >= 15 is 0 Å². The number of methoxy groups -OCH3 is 2. The van der Waals surface area contributed by atoms with Crippen LogP contribution in [0.3, 0.4) is 0 Å². The largest absolute Gasteiger partial charge is 0.493 e. The smallest absolute Gasteiger partial charge is 0.191 e. The topological polar surface area (TPSA) is 61.4 Å². The minimum absolute atomic E-state index is 0. The van der Waals surface area contributed by atoms with Crippen LogP contribution in [0, 0.1) is 0 Å². The van der Waals surface area contributed by atoms with Crippen molar-refractivity contribution < 1.29 is 9.47 Å². The Morgan fingerprint density at radius 2 is 1.61 bits per heavy atom. The molecular formula is C23H42IN5O2. The van der Waals surface area contributed by atoms with Crippen molar-refractivity contribution in [3.8, 4) is 11.5 Å². The Kier molecular flexibility index (Phi) is 12.5. The molecule has 0 amide bonds. The molecule has 1 heterocycles. The second-order valence-corrected chi connectivity index (χ2v) is 8.35. The molecule has 1 aromatic carbocycles. The van der Waals surface area contributed by atoms with Gasteiger partial charge in [0.15, 0.2) is 17.5 Å². The van der Waals surface area contributed by atoms with E-state index in [-0.39, 0.29) is 24.0 Å². The van der Waals surface area contributed by atoms with Crippen molar-refractivity contribution in [2.75, 3.05) is 54.0 Å². The molecule has 8 heteroatoms. The van der Waals surface area contributed by atoms with Gasteiger partial charge >= 0.3 is 0 Å². The fourth-order valence-corrected chi connectivity index (χ4v) is 4.10. The van der Waals surface area contributed by atoms with Crippen LogP contribution in [0.15, 0.2) is 17.1 Å². The Bertz CT molecular complexity index is 689. The van der Waals surface area contributed by atoms with Crippen molar-refractivity contribution in [1.82, 2.24) is 20.4 Å². The van der Waals surface area contributed by atoms with Gasteiger partial charge in [-0.05, 0) is 57.4 Å². The highest BCUT2D eigenvalue weighted by Crippen LogP contribution is 2.33. The van der Waals surface area contributed by atoms with E-state index in [1.165, 1.54) is 11.1 Å². The van der Waals surface area contributed by atoms with Crippen molar-refractivity contribution >= 4 is 29.9 Å². The lowest BCUT2D eigenvalue weighted by molar-refractivity contribution is 0.178. The third-order valence-electron chi connectivity index (χ3n) is 5.73. The van der Waals surface area contributed by atoms with Crippen LogP contribution >= 0.6 is 24.0 Å². The maximum atomic E-state index is 5.47. The number of hydrogen-bond acceptors (Lipinski definition) is 5. The first-order valence-corrected chi connectivity index (χ1v) is 11.1. The molecule has 0 aromatic heterocycles. The lowest BCUT2D eigenvalue weighted by Crippen LogP contribution is -2.46. The van der Waals surface area contributed by atoms with Crippen LogP contribution in [-0.2, 0) is 13.0 Å². The third kappa shape index (κ3) is 8.31. The zero-order valence-electron chi connectivity index (χ0n) is 20.3. The van der Waals surface area contributed by atoms with Crippen molar-refractivity contribution in [3.63, 3.8) is 0 Å². The molecule has 0 saturated heterocycles. The van der Waals surface area contributed by atoms with Crippen molar-refractivity contribution in [2.24, 2.45) is 4.99 Å². The maximum Gasteiger partial charge on any atom is 0.191 e. The number of rotatable bonds is 10. The SMILES string of the molecule is CN=C(NCCN1CCc2cc(OC)c(OC)cc2C1)NCCN(C(C)C)C(C)C.I. The molecule has 2 N–H and O–H groups in total. The highest BCUT2D eigenvalue weighted by Gasteiger charge is 2.19. The molecule has 0 aliphatic carbocycles. The van der Waals surface area contributed by atoms with Crippen LogP contribution in [0.25, 0.3) is 0 Å². The molecular weight excluding hydrogens is 505 g/mol. The Balaban J connectivity index is 0.00000480. The van der Waals surface area contributed by atoms with Gasteiger partial charge < -0.3 is 20.1 Å². The first-order chi connectivity index (χ1) is 14.4. The maximum absolute atomic E-state index is 5.47. The van der Waals surface area contributed by atoms with Crippen molar-refractivity contribution in [3.05, 3.63) is 23.3 Å². The monoisotopic (exact) mass is 547 g/mol. The highest BCUT2D eigenvalue weighted by atomic mass is 127. The molecule has 0 fully saturated rings. The summed E-state index contributed by atoms with van der Waals surface area (Å²) >= 11 is 0. The second-order valence-electron chi connectivity index (χ2n) is 8.35. The number of aliphatic imine (C=N–C) groups is 1. The van der Waals surface area contributed by atoms with E-state index < -0.39 is 0 Å². The van der Waals surface area contributed by atoms with Gasteiger partial charge in [-0.15, -0.1) is 24.0 Å². The van der Waals surface area contributed by atoms with Gasteiger partial charge in [0.05, 0.1) is 14.2 Å². The summed E-state index contributed by atoms with van der Waals surface area (Å²) < 4.78 is 10.9. The Labute approximate surface area is 206 Å². The summed E-state index contributed by atoms with van der Waals surface area (Å²) in [5.74, 6) is 2.48. The Hall–Kier alpha value is -1.26. The van der Waals surface area contributed by atoms with Gasteiger partial charge in [0, 0.05) is 58.4 Å². The van der Waals surface area contributed by atoms with E-state index in [9.17, 15) is 0 Å². The Morgan fingerprint density at radius 3 is 2.16 bits per heavy atom. The summed E-state index contributed by atoms with van der Waals surface area (Å²) in [5, 5.41) is 6.89. The van der Waals surface area contributed by atoms with Crippen LogP contribution in [0.5, 0.6) is 11.5 Å². The first-order valence-electron chi connectivity index (χ1n) is 11.1. The minimum atomic E-state index is 0. The average molecular weight is 548 g/mol. The first kappa shape index (κ1) is 27.8. The number of nitrogens with zero attached hydrogens (tertiary/aromatic N) is 3. The van der Waals surface area contributed by atoms with E-state index in [2.05, 4.69) is 65.3 Å². The summed E-state index contributed by atoms with van der Waals surface area (Å²) in [7, 11) is 5.21. The van der Waals surface area contributed by atoms with E-state index in [0.717, 1.165) is 63.1 Å². The summed E-state index contributed by atoms with van der Waals surface area (Å²) in [4.78, 5) is 9.31. The van der Waals surface area contributed by atoms with Gasteiger partial charge in [-0.25, -0.2) is 0 Å². The fraction of sp³-hybridized carbons (Fsp3) is 0.696. The third-order valence-corrected chi connectivity index (χ3v) is 5.73. The number of guanidine groups is 1. The zero-order valence-corrected chi connectivity index (χ0v) is 22.7. The van der Waals surface area contributed by atoms with Crippen LogP contribution in [0.2, 0.25) is 0 Å². The predicted molar refractivity (Wildman–Crippen MR) is 140 cm³/mol. The number of halogens is 1. The molecule has 1 aromatic rings. The fourth-order valence-electron chi connectivity index (χ4n) is 4.10. The van der Waals surface area contributed by atoms with E-state index in [1.54, 1.807) is 14.2 Å². The quantitative estimate of drug-likeness (QED) is 0.267. The van der Waals surface area contributed by atoms with E-state index in [4.69, 9.17) is 9.47 Å². The standard InChI is InChI=1S/C23H41N5O2.HI/c1-17(2)28(18(3)4)13-10-26-23(24-5)25-9-12-27-11-8-19-14-21(29-6)22(30-7)15-20(19)16-27;/h14-15,17-18H,8-13,16H2,1-7H3,(H2,24,25,26);1H. The molecule has 7 nitrogen and oxygen atoms in total. The number of hydrogen-bond donors (Lipinski definition) is 2. The molecule has 0 radical (unpaired) electrons. The molecule has 0 atom stereocenters. The molecule has 0 saturated carbocycles. The molecule has 2 rings (SSSR count). The van der Waals surface area contributed by atoms with Crippen LogP contribution in [0.4, 0.5) is 0 Å². The number of ether oxygens (including phenoxy) is 2. The number of nitrogens with one attached hydrogen (secondary N) is 2. The van der Waals surface area contributed by atoms with Gasteiger partial charge in [0.2, 0.25) is 0 Å². The lowest BCUT2D eigenvalue weighted by Gasteiger charge is -2.31. The van der Waals surface area contributed by atoms with E-state index in [0.29, 0.717) is 12.1 Å². The molecule has 1 aliphatic heterocycles. The zero-order chi connectivity index (χ0) is 22.1. The number of benzene rings is 1. The van der Waals surface area contributed by atoms with Gasteiger partial charge in [0.25, 0.3) is 0 Å². The Morgan fingerprint density at radius 1 is 1.03 bits per heavy atom.